The highest BCUT2D eigenvalue weighted by atomic mass is 79.9. The van der Waals surface area contributed by atoms with Crippen LogP contribution in [0.15, 0.2) is 22.7 Å². The highest BCUT2D eigenvalue weighted by Crippen LogP contribution is 2.41. The van der Waals surface area contributed by atoms with Gasteiger partial charge in [0, 0.05) is 18.7 Å². The van der Waals surface area contributed by atoms with Crippen LogP contribution in [0, 0.1) is 0 Å². The first-order valence-electron chi connectivity index (χ1n) is 5.59. The molecule has 16 heavy (non-hydrogen) atoms. The van der Waals surface area contributed by atoms with Gasteiger partial charge in [-0.25, -0.2) is 0 Å². The van der Waals surface area contributed by atoms with E-state index in [1.54, 1.807) is 0 Å². The van der Waals surface area contributed by atoms with E-state index in [4.69, 9.17) is 4.74 Å². The molecule has 0 spiro atoms. The maximum absolute atomic E-state index is 9.57. The number of likely N-dealkylation sites (tertiary alicyclic amines) is 1. The lowest BCUT2D eigenvalue weighted by molar-refractivity contribution is 0.146. The Balaban J connectivity index is 1.89. The molecule has 3 nitrogen and oxygen atoms in total. The molecule has 2 aliphatic heterocycles. The summed E-state index contributed by atoms with van der Waals surface area (Å²) in [6, 6.07) is 6.46. The molecule has 2 unspecified atom stereocenters. The van der Waals surface area contributed by atoms with E-state index >= 15 is 0 Å². The summed E-state index contributed by atoms with van der Waals surface area (Å²) in [7, 11) is 0. The number of nitrogens with zero attached hydrogens (tertiary/aromatic N) is 1. The van der Waals surface area contributed by atoms with E-state index in [1.165, 1.54) is 5.56 Å². The fraction of sp³-hybridized carbons (Fsp3) is 0.500. The number of fused-ring (bicyclic) bond motifs is 1. The second-order valence-electron chi connectivity index (χ2n) is 4.42. The molecule has 4 heteroatoms. The molecule has 3 rings (SSSR count). The first-order valence-corrected chi connectivity index (χ1v) is 6.38. The summed E-state index contributed by atoms with van der Waals surface area (Å²) >= 11 is 3.50. The summed E-state index contributed by atoms with van der Waals surface area (Å²) in [6.45, 7) is 2.42. The molecule has 0 radical (unpaired) electrons. The number of para-hydroxylation sites is 1. The van der Waals surface area contributed by atoms with Crippen molar-refractivity contribution in [1.29, 1.82) is 0 Å². The first kappa shape index (κ1) is 10.6. The van der Waals surface area contributed by atoms with Crippen molar-refractivity contribution in [3.8, 4) is 5.75 Å². The Hall–Kier alpha value is -0.580. The standard InChI is InChI=1S/C12H14BrNO2/c13-10-3-1-2-9-11(7-16-12(9)10)14-5-4-8(15)6-14/h1-3,8,11,15H,4-7H2. The second-order valence-corrected chi connectivity index (χ2v) is 5.28. The molecule has 1 aromatic carbocycles. The predicted octanol–water partition coefficient (Wildman–Crippen LogP) is 1.95. The topological polar surface area (TPSA) is 32.7 Å². The summed E-state index contributed by atoms with van der Waals surface area (Å²) in [4.78, 5) is 2.31. The lowest BCUT2D eigenvalue weighted by atomic mass is 10.1. The van der Waals surface area contributed by atoms with E-state index in [9.17, 15) is 5.11 Å². The van der Waals surface area contributed by atoms with Crippen molar-refractivity contribution in [2.24, 2.45) is 0 Å². The van der Waals surface area contributed by atoms with Crippen molar-refractivity contribution in [2.45, 2.75) is 18.6 Å². The fourth-order valence-electron chi connectivity index (χ4n) is 2.55. The molecule has 2 heterocycles. The summed E-state index contributed by atoms with van der Waals surface area (Å²) in [5, 5.41) is 9.57. The molecule has 0 aliphatic carbocycles. The van der Waals surface area contributed by atoms with E-state index in [1.807, 2.05) is 12.1 Å². The molecule has 0 amide bonds. The highest BCUT2D eigenvalue weighted by molar-refractivity contribution is 9.10. The molecule has 0 saturated carbocycles. The van der Waals surface area contributed by atoms with Crippen molar-refractivity contribution in [3.63, 3.8) is 0 Å². The third-order valence-electron chi connectivity index (χ3n) is 3.38. The fourth-order valence-corrected chi connectivity index (χ4v) is 3.04. The lowest BCUT2D eigenvalue weighted by Gasteiger charge is -2.22. The van der Waals surface area contributed by atoms with Gasteiger partial charge in [0.2, 0.25) is 0 Å². The Kier molecular flexibility index (Phi) is 2.65. The van der Waals surface area contributed by atoms with Gasteiger partial charge in [-0.1, -0.05) is 12.1 Å². The van der Waals surface area contributed by atoms with Crippen LogP contribution in [0.3, 0.4) is 0 Å². The summed E-state index contributed by atoms with van der Waals surface area (Å²) in [5.74, 6) is 0.967. The molecular formula is C12H14BrNO2. The van der Waals surface area contributed by atoms with Crippen LogP contribution in [0.25, 0.3) is 0 Å². The SMILES string of the molecule is OC1CCN(C2COc3c(Br)cccc32)C1. The maximum atomic E-state index is 9.57. The van der Waals surface area contributed by atoms with Crippen molar-refractivity contribution in [1.82, 2.24) is 4.90 Å². The van der Waals surface area contributed by atoms with Gasteiger partial charge in [-0.05, 0) is 28.4 Å². The number of ether oxygens (including phenoxy) is 1. The van der Waals surface area contributed by atoms with Crippen LogP contribution in [0.5, 0.6) is 5.75 Å². The molecule has 1 fully saturated rings. The Morgan fingerprint density at radius 2 is 2.31 bits per heavy atom. The number of benzene rings is 1. The van der Waals surface area contributed by atoms with E-state index in [-0.39, 0.29) is 6.10 Å². The van der Waals surface area contributed by atoms with Gasteiger partial charge < -0.3 is 9.84 Å². The van der Waals surface area contributed by atoms with Crippen LogP contribution >= 0.6 is 15.9 Å². The number of hydrogen-bond acceptors (Lipinski definition) is 3. The van der Waals surface area contributed by atoms with Gasteiger partial charge in [-0.3, -0.25) is 4.90 Å². The van der Waals surface area contributed by atoms with E-state index < -0.39 is 0 Å². The highest BCUT2D eigenvalue weighted by Gasteiger charge is 2.34. The van der Waals surface area contributed by atoms with Gasteiger partial charge in [-0.15, -0.1) is 0 Å². The molecule has 86 valence electrons. The number of halogens is 1. The molecular weight excluding hydrogens is 270 g/mol. The maximum Gasteiger partial charge on any atom is 0.138 e. The number of aliphatic hydroxyl groups is 1. The third kappa shape index (κ3) is 1.65. The number of aliphatic hydroxyl groups excluding tert-OH is 1. The molecule has 0 aromatic heterocycles. The minimum Gasteiger partial charge on any atom is -0.490 e. The van der Waals surface area contributed by atoms with Gasteiger partial charge in [-0.2, -0.15) is 0 Å². The monoisotopic (exact) mass is 283 g/mol. The van der Waals surface area contributed by atoms with Crippen LogP contribution in [0.2, 0.25) is 0 Å². The van der Waals surface area contributed by atoms with Crippen molar-refractivity contribution < 1.29 is 9.84 Å². The lowest BCUT2D eigenvalue weighted by Crippen LogP contribution is -2.28. The minimum atomic E-state index is -0.170. The third-order valence-corrected chi connectivity index (χ3v) is 4.00. The largest absolute Gasteiger partial charge is 0.490 e. The predicted molar refractivity (Wildman–Crippen MR) is 64.6 cm³/mol. The normalized spacial score (nSPS) is 29.1. The molecule has 2 aliphatic rings. The van der Waals surface area contributed by atoms with Crippen molar-refractivity contribution >= 4 is 15.9 Å². The van der Waals surface area contributed by atoms with Gasteiger partial charge in [0.05, 0.1) is 16.6 Å². The molecule has 1 aromatic rings. The Morgan fingerprint density at radius 1 is 1.44 bits per heavy atom. The number of hydrogen-bond donors (Lipinski definition) is 1. The quantitative estimate of drug-likeness (QED) is 0.855. The Labute approximate surface area is 103 Å². The van der Waals surface area contributed by atoms with E-state index in [0.29, 0.717) is 12.6 Å². The molecule has 1 N–H and O–H groups in total. The van der Waals surface area contributed by atoms with Crippen molar-refractivity contribution in [2.75, 3.05) is 19.7 Å². The van der Waals surface area contributed by atoms with Crippen LogP contribution < -0.4 is 4.74 Å². The first-order chi connectivity index (χ1) is 7.75. The second kappa shape index (κ2) is 4.02. The van der Waals surface area contributed by atoms with Gasteiger partial charge in [0.15, 0.2) is 0 Å². The van der Waals surface area contributed by atoms with Crippen LogP contribution in [-0.4, -0.2) is 35.8 Å². The average molecular weight is 284 g/mol. The summed E-state index contributed by atoms with van der Waals surface area (Å²) in [6.07, 6.45) is 0.705. The number of β-amino-alcohol motifs (C(OH)–C–C–N with tert-alkyl or cyclic N) is 1. The van der Waals surface area contributed by atoms with Crippen LogP contribution in [0.1, 0.15) is 18.0 Å². The van der Waals surface area contributed by atoms with Gasteiger partial charge >= 0.3 is 0 Å². The zero-order valence-electron chi connectivity index (χ0n) is 8.90. The molecule has 1 saturated heterocycles. The Morgan fingerprint density at radius 3 is 3.06 bits per heavy atom. The summed E-state index contributed by atoms with van der Waals surface area (Å²) in [5.41, 5.74) is 1.24. The van der Waals surface area contributed by atoms with E-state index in [2.05, 4.69) is 26.9 Å². The smallest absolute Gasteiger partial charge is 0.138 e. The minimum absolute atomic E-state index is 0.170. The average Bonchev–Trinajstić information content (AvgIpc) is 2.84. The molecule has 2 atom stereocenters. The van der Waals surface area contributed by atoms with Crippen molar-refractivity contribution in [3.05, 3.63) is 28.2 Å². The van der Waals surface area contributed by atoms with Gasteiger partial charge in [0.1, 0.15) is 12.4 Å². The zero-order valence-corrected chi connectivity index (χ0v) is 10.5. The Bertz CT molecular complexity index is 410. The van der Waals surface area contributed by atoms with Crippen LogP contribution in [0.4, 0.5) is 0 Å². The van der Waals surface area contributed by atoms with E-state index in [0.717, 1.165) is 29.7 Å². The van der Waals surface area contributed by atoms with Crippen LogP contribution in [-0.2, 0) is 0 Å². The molecule has 0 bridgehead atoms. The number of rotatable bonds is 1. The van der Waals surface area contributed by atoms with Gasteiger partial charge in [0.25, 0.3) is 0 Å². The summed E-state index contributed by atoms with van der Waals surface area (Å²) < 4.78 is 6.74. The zero-order chi connectivity index (χ0) is 11.1.